The smallest absolute Gasteiger partial charge is 0.163 e. The van der Waals surface area contributed by atoms with Gasteiger partial charge in [-0.15, -0.1) is 0 Å². The third kappa shape index (κ3) is 2.92. The highest BCUT2D eigenvalue weighted by Gasteiger charge is 2.30. The maximum atomic E-state index is 6.60. The summed E-state index contributed by atoms with van der Waals surface area (Å²) in [5, 5.41) is 5.95. The Kier molecular flexibility index (Phi) is 4.14. The molecule has 0 radical (unpaired) electrons. The molecule has 152 valence electrons. The van der Waals surface area contributed by atoms with Gasteiger partial charge in [-0.05, 0) is 43.4 Å². The van der Waals surface area contributed by atoms with Crippen LogP contribution >= 0.6 is 11.6 Å². The first kappa shape index (κ1) is 18.0. The molecule has 0 atom stereocenters. The first-order chi connectivity index (χ1) is 14.7. The van der Waals surface area contributed by atoms with E-state index in [4.69, 9.17) is 21.6 Å². The third-order valence-electron chi connectivity index (χ3n) is 6.03. The van der Waals surface area contributed by atoms with Crippen molar-refractivity contribution in [1.29, 1.82) is 0 Å². The highest BCUT2D eigenvalue weighted by atomic mass is 35.5. The predicted octanol–water partition coefficient (Wildman–Crippen LogP) is 3.82. The first-order valence-corrected chi connectivity index (χ1v) is 10.8. The van der Waals surface area contributed by atoms with E-state index in [2.05, 4.69) is 31.2 Å². The van der Waals surface area contributed by atoms with Crippen LogP contribution in [-0.2, 0) is 0 Å². The summed E-state index contributed by atoms with van der Waals surface area (Å²) in [6.07, 6.45) is 6.10. The van der Waals surface area contributed by atoms with Crippen LogP contribution in [0.5, 0.6) is 0 Å². The minimum Gasteiger partial charge on any atom is -0.353 e. The second-order valence-corrected chi connectivity index (χ2v) is 8.54. The molecule has 1 saturated heterocycles. The van der Waals surface area contributed by atoms with Crippen LogP contribution in [0.1, 0.15) is 30.0 Å². The minimum absolute atomic E-state index is 0.435. The molecule has 2 N–H and O–H groups in total. The summed E-state index contributed by atoms with van der Waals surface area (Å²) < 4.78 is 0. The average molecular weight is 420 g/mol. The molecule has 7 nitrogen and oxygen atoms in total. The summed E-state index contributed by atoms with van der Waals surface area (Å²) in [5.41, 5.74) is 4.83. The van der Waals surface area contributed by atoms with Crippen molar-refractivity contribution in [1.82, 2.24) is 30.2 Å². The van der Waals surface area contributed by atoms with E-state index in [1.54, 1.807) is 6.20 Å². The monoisotopic (exact) mass is 419 g/mol. The number of halogens is 1. The zero-order chi connectivity index (χ0) is 20.2. The van der Waals surface area contributed by atoms with Crippen molar-refractivity contribution in [2.45, 2.75) is 25.7 Å². The number of hydrogen-bond acceptors (Lipinski definition) is 6. The lowest BCUT2D eigenvalue weighted by atomic mass is 10.1. The second kappa shape index (κ2) is 6.89. The number of aryl methyl sites for hydroxylation is 1. The van der Waals surface area contributed by atoms with Gasteiger partial charge in [-0.2, -0.15) is 0 Å². The molecule has 2 fully saturated rings. The van der Waals surface area contributed by atoms with Crippen molar-refractivity contribution in [3.63, 3.8) is 0 Å². The summed E-state index contributed by atoms with van der Waals surface area (Å²) in [6, 6.07) is 4.07. The molecule has 0 aromatic carbocycles. The van der Waals surface area contributed by atoms with Gasteiger partial charge < -0.3 is 15.2 Å². The Balaban J connectivity index is 1.65. The molecule has 8 heteroatoms. The van der Waals surface area contributed by atoms with E-state index < -0.39 is 0 Å². The molecule has 4 aromatic heterocycles. The number of nitrogens with zero attached hydrogens (tertiary/aromatic N) is 5. The van der Waals surface area contributed by atoms with Gasteiger partial charge in [0.15, 0.2) is 11.0 Å². The van der Waals surface area contributed by atoms with Crippen LogP contribution in [0.2, 0.25) is 5.15 Å². The van der Waals surface area contributed by atoms with Gasteiger partial charge in [0.1, 0.15) is 17.0 Å². The number of pyridine rings is 2. The summed E-state index contributed by atoms with van der Waals surface area (Å²) in [4.78, 5) is 24.7. The van der Waals surface area contributed by atoms with E-state index in [0.717, 1.165) is 65.2 Å². The third-order valence-corrected chi connectivity index (χ3v) is 6.31. The fourth-order valence-electron chi connectivity index (χ4n) is 4.40. The van der Waals surface area contributed by atoms with Crippen LogP contribution in [0.3, 0.4) is 0 Å². The summed E-state index contributed by atoms with van der Waals surface area (Å²) in [5.74, 6) is 2.17. The molecule has 30 heavy (non-hydrogen) atoms. The minimum atomic E-state index is 0.435. The molecular weight excluding hydrogens is 398 g/mol. The molecule has 4 aromatic rings. The van der Waals surface area contributed by atoms with Crippen LogP contribution in [0.4, 0.5) is 5.82 Å². The van der Waals surface area contributed by atoms with Crippen molar-refractivity contribution in [2.24, 2.45) is 0 Å². The Morgan fingerprint density at radius 3 is 2.77 bits per heavy atom. The topological polar surface area (TPSA) is 82.6 Å². The SMILES string of the molecule is Cc1cc2c(-c3nc(N4CCNCC4)c4c(C5CC5)cnc(Cl)c4n3)ccnc2[nH]1. The molecule has 1 aliphatic heterocycles. The molecule has 1 saturated carbocycles. The fraction of sp³-hybridized carbons (Fsp3) is 0.364. The highest BCUT2D eigenvalue weighted by molar-refractivity contribution is 6.34. The van der Waals surface area contributed by atoms with Crippen molar-refractivity contribution >= 4 is 39.4 Å². The maximum Gasteiger partial charge on any atom is 0.163 e. The van der Waals surface area contributed by atoms with Gasteiger partial charge in [0.2, 0.25) is 0 Å². The number of rotatable bonds is 3. The number of piperazine rings is 1. The summed E-state index contributed by atoms with van der Waals surface area (Å²) in [7, 11) is 0. The molecule has 2 aliphatic rings. The normalized spacial score (nSPS) is 17.2. The Hall–Kier alpha value is -2.77. The Bertz CT molecular complexity index is 1270. The van der Waals surface area contributed by atoms with Gasteiger partial charge in [0.05, 0.1) is 5.39 Å². The van der Waals surface area contributed by atoms with Crippen LogP contribution in [0.25, 0.3) is 33.3 Å². The van der Waals surface area contributed by atoms with Crippen molar-refractivity contribution in [2.75, 3.05) is 31.1 Å². The van der Waals surface area contributed by atoms with Gasteiger partial charge in [-0.1, -0.05) is 11.6 Å². The van der Waals surface area contributed by atoms with Crippen molar-refractivity contribution in [3.8, 4) is 11.4 Å². The van der Waals surface area contributed by atoms with E-state index in [9.17, 15) is 0 Å². The zero-order valence-electron chi connectivity index (χ0n) is 16.7. The van der Waals surface area contributed by atoms with E-state index in [1.807, 2.05) is 19.2 Å². The van der Waals surface area contributed by atoms with Gasteiger partial charge in [-0.3, -0.25) is 0 Å². The molecule has 0 bridgehead atoms. The molecule has 0 unspecified atom stereocenters. The van der Waals surface area contributed by atoms with Gasteiger partial charge in [0, 0.05) is 55.2 Å². The van der Waals surface area contributed by atoms with Crippen LogP contribution < -0.4 is 10.2 Å². The standard InChI is InChI=1S/C22H22ClN7/c1-12-10-15-14(4-5-25-20(15)27-12)21-28-18-17(16(13-2-3-13)11-26-19(18)23)22(29-21)30-8-6-24-7-9-30/h4-5,10-11,13,24H,2-3,6-9H2,1H3,(H,25,27). The lowest BCUT2D eigenvalue weighted by Gasteiger charge is -2.30. The molecule has 6 rings (SSSR count). The van der Waals surface area contributed by atoms with Crippen molar-refractivity contribution < 1.29 is 0 Å². The number of hydrogen-bond donors (Lipinski definition) is 2. The zero-order valence-corrected chi connectivity index (χ0v) is 17.5. The van der Waals surface area contributed by atoms with Crippen LogP contribution in [0.15, 0.2) is 24.5 Å². The van der Waals surface area contributed by atoms with E-state index in [0.29, 0.717) is 16.9 Å². The second-order valence-electron chi connectivity index (χ2n) is 8.18. The first-order valence-electron chi connectivity index (χ1n) is 10.5. The summed E-state index contributed by atoms with van der Waals surface area (Å²) >= 11 is 6.60. The van der Waals surface area contributed by atoms with Gasteiger partial charge in [0.25, 0.3) is 0 Å². The average Bonchev–Trinajstić information content (AvgIpc) is 3.54. The number of anilines is 1. The summed E-state index contributed by atoms with van der Waals surface area (Å²) in [6.45, 7) is 5.72. The van der Waals surface area contributed by atoms with E-state index >= 15 is 0 Å². The van der Waals surface area contributed by atoms with E-state index in [-0.39, 0.29) is 0 Å². The number of aromatic amines is 1. The molecular formula is C22H22ClN7. The maximum absolute atomic E-state index is 6.60. The number of aromatic nitrogens is 5. The predicted molar refractivity (Wildman–Crippen MR) is 119 cm³/mol. The van der Waals surface area contributed by atoms with Crippen LogP contribution in [0, 0.1) is 6.92 Å². The van der Waals surface area contributed by atoms with Gasteiger partial charge in [-0.25, -0.2) is 19.9 Å². The van der Waals surface area contributed by atoms with E-state index in [1.165, 1.54) is 18.4 Å². The lowest BCUT2D eigenvalue weighted by Crippen LogP contribution is -2.44. The Morgan fingerprint density at radius 2 is 1.97 bits per heavy atom. The largest absolute Gasteiger partial charge is 0.353 e. The number of fused-ring (bicyclic) bond motifs is 2. The lowest BCUT2D eigenvalue weighted by molar-refractivity contribution is 0.586. The Morgan fingerprint density at radius 1 is 1.13 bits per heavy atom. The van der Waals surface area contributed by atoms with Gasteiger partial charge >= 0.3 is 0 Å². The molecule has 1 aliphatic carbocycles. The molecule has 0 amide bonds. The Labute approximate surface area is 178 Å². The fourth-order valence-corrected chi connectivity index (χ4v) is 4.58. The van der Waals surface area contributed by atoms with Crippen LogP contribution in [-0.4, -0.2) is 51.1 Å². The van der Waals surface area contributed by atoms with Crippen molar-refractivity contribution in [3.05, 3.63) is 40.9 Å². The number of H-pyrrole nitrogens is 1. The molecule has 5 heterocycles. The highest BCUT2D eigenvalue weighted by Crippen LogP contribution is 2.46. The number of nitrogens with one attached hydrogen (secondary N) is 2. The quantitative estimate of drug-likeness (QED) is 0.491. The molecule has 0 spiro atoms.